The van der Waals surface area contributed by atoms with Crippen LogP contribution >= 0.6 is 0 Å². The Bertz CT molecular complexity index is 1240. The number of rotatable bonds is 7. The lowest BCUT2D eigenvalue weighted by molar-refractivity contribution is -0.133. The van der Waals surface area contributed by atoms with E-state index in [4.69, 9.17) is 18.6 Å². The molecule has 1 aromatic heterocycles. The van der Waals surface area contributed by atoms with Crippen LogP contribution in [0.15, 0.2) is 40.8 Å². The molecule has 2 aromatic carbocycles. The number of methoxy groups -OCH3 is 2. The lowest BCUT2D eigenvalue weighted by Crippen LogP contribution is -2.61. The lowest BCUT2D eigenvalue weighted by atomic mass is 9.99. The molecule has 0 bridgehead atoms. The zero-order chi connectivity index (χ0) is 24.5. The first-order valence-corrected chi connectivity index (χ1v) is 10.6. The summed E-state index contributed by atoms with van der Waals surface area (Å²) in [6.07, 6.45) is 0. The normalized spacial score (nSPS) is 17.8. The maximum absolute atomic E-state index is 14.4. The smallest absolute Gasteiger partial charge is 0.294 e. The number of fused-ring (bicyclic) bond motifs is 3. The molecule has 34 heavy (non-hydrogen) atoms. The van der Waals surface area contributed by atoms with E-state index < -0.39 is 29.0 Å². The van der Waals surface area contributed by atoms with Gasteiger partial charge in [-0.25, -0.2) is 8.78 Å². The minimum atomic E-state index is -1.50. The van der Waals surface area contributed by atoms with Crippen molar-refractivity contribution in [3.8, 4) is 11.5 Å². The second kappa shape index (κ2) is 9.30. The quantitative estimate of drug-likeness (QED) is 0.565. The third-order valence-electron chi connectivity index (χ3n) is 5.89. The predicted octanol–water partition coefficient (Wildman–Crippen LogP) is 3.28. The average molecular weight is 474 g/mol. The average Bonchev–Trinajstić information content (AvgIpc) is 3.17. The summed E-state index contributed by atoms with van der Waals surface area (Å²) < 4.78 is 50.1. The molecule has 0 saturated heterocycles. The molecule has 3 aromatic rings. The highest BCUT2D eigenvalue weighted by Crippen LogP contribution is 2.38. The molecule has 1 aliphatic rings. The third kappa shape index (κ3) is 3.94. The fourth-order valence-electron chi connectivity index (χ4n) is 3.95. The zero-order valence-electron chi connectivity index (χ0n) is 18.9. The largest absolute Gasteiger partial charge is 0.496 e. The summed E-state index contributed by atoms with van der Waals surface area (Å²) in [5.74, 6) is -3.06. The summed E-state index contributed by atoms with van der Waals surface area (Å²) in [4.78, 5) is 28.2. The Hall–Kier alpha value is -3.66. The molecule has 0 aliphatic carbocycles. The summed E-state index contributed by atoms with van der Waals surface area (Å²) in [5.41, 5.74) is -1.18. The Morgan fingerprint density at radius 1 is 1.21 bits per heavy atom. The van der Waals surface area contributed by atoms with E-state index >= 15 is 0 Å². The number of carbonyl (C=O) groups excluding carboxylic acids is 2. The van der Waals surface area contributed by atoms with Crippen LogP contribution in [0, 0.1) is 11.6 Å². The van der Waals surface area contributed by atoms with Crippen molar-refractivity contribution in [1.29, 1.82) is 0 Å². The molecule has 8 nitrogen and oxygen atoms in total. The SMILES string of the molecule is COCCN1C(=O)c2oc3ccccc3c2OCC1(C)C(=O)NCc1c(OC)ccc(F)c1F. The molecule has 0 radical (unpaired) electrons. The zero-order valence-corrected chi connectivity index (χ0v) is 18.9. The van der Waals surface area contributed by atoms with E-state index in [0.29, 0.717) is 11.0 Å². The fourth-order valence-corrected chi connectivity index (χ4v) is 3.95. The van der Waals surface area contributed by atoms with E-state index in [1.165, 1.54) is 32.1 Å². The summed E-state index contributed by atoms with van der Waals surface area (Å²) in [6, 6.07) is 9.24. The topological polar surface area (TPSA) is 90.2 Å². The van der Waals surface area contributed by atoms with Gasteiger partial charge in [-0.3, -0.25) is 9.59 Å². The number of furan rings is 1. The molecular weight excluding hydrogens is 450 g/mol. The first-order valence-electron chi connectivity index (χ1n) is 10.6. The first kappa shape index (κ1) is 23.5. The van der Waals surface area contributed by atoms with Crippen molar-refractivity contribution in [2.24, 2.45) is 0 Å². The number of benzene rings is 2. The van der Waals surface area contributed by atoms with E-state index in [1.54, 1.807) is 24.3 Å². The van der Waals surface area contributed by atoms with Crippen molar-refractivity contribution < 1.29 is 37.0 Å². The Morgan fingerprint density at radius 3 is 2.71 bits per heavy atom. The minimum absolute atomic E-state index is 0.0216. The predicted molar refractivity (Wildman–Crippen MR) is 118 cm³/mol. The van der Waals surface area contributed by atoms with E-state index in [9.17, 15) is 18.4 Å². The van der Waals surface area contributed by atoms with Gasteiger partial charge in [-0.15, -0.1) is 0 Å². The van der Waals surface area contributed by atoms with Crippen LogP contribution in [-0.4, -0.2) is 56.2 Å². The van der Waals surface area contributed by atoms with Gasteiger partial charge in [0.25, 0.3) is 5.91 Å². The van der Waals surface area contributed by atoms with Gasteiger partial charge in [0.1, 0.15) is 17.9 Å². The minimum Gasteiger partial charge on any atom is -0.496 e. The Balaban J connectivity index is 1.66. The molecule has 4 rings (SSSR count). The van der Waals surface area contributed by atoms with Crippen molar-refractivity contribution in [3.05, 3.63) is 59.4 Å². The van der Waals surface area contributed by atoms with Gasteiger partial charge in [-0.05, 0) is 31.2 Å². The summed E-state index contributed by atoms with van der Waals surface area (Å²) in [6.45, 7) is 1.18. The monoisotopic (exact) mass is 474 g/mol. The highest BCUT2D eigenvalue weighted by Gasteiger charge is 2.47. The van der Waals surface area contributed by atoms with Crippen molar-refractivity contribution in [2.45, 2.75) is 19.0 Å². The number of ether oxygens (including phenoxy) is 3. The van der Waals surface area contributed by atoms with Gasteiger partial charge in [0.15, 0.2) is 22.9 Å². The second-order valence-corrected chi connectivity index (χ2v) is 7.99. The molecule has 10 heteroatoms. The first-order chi connectivity index (χ1) is 16.3. The Labute approximate surface area is 194 Å². The molecule has 2 heterocycles. The van der Waals surface area contributed by atoms with Gasteiger partial charge in [-0.1, -0.05) is 12.1 Å². The highest BCUT2D eigenvalue weighted by atomic mass is 19.2. The van der Waals surface area contributed by atoms with Gasteiger partial charge >= 0.3 is 0 Å². The molecule has 0 spiro atoms. The number of hydrogen-bond acceptors (Lipinski definition) is 6. The molecule has 1 atom stereocenters. The summed E-state index contributed by atoms with van der Waals surface area (Å²) in [7, 11) is 2.79. The van der Waals surface area contributed by atoms with Gasteiger partial charge in [0, 0.05) is 20.2 Å². The second-order valence-electron chi connectivity index (χ2n) is 7.99. The lowest BCUT2D eigenvalue weighted by Gasteiger charge is -2.37. The van der Waals surface area contributed by atoms with Crippen molar-refractivity contribution in [3.63, 3.8) is 0 Å². The maximum Gasteiger partial charge on any atom is 0.294 e. The molecule has 180 valence electrons. The fraction of sp³-hybridized carbons (Fsp3) is 0.333. The van der Waals surface area contributed by atoms with Crippen LogP contribution in [0.5, 0.6) is 11.5 Å². The van der Waals surface area contributed by atoms with Gasteiger partial charge in [-0.2, -0.15) is 0 Å². The van der Waals surface area contributed by atoms with Gasteiger partial charge in [0.2, 0.25) is 11.7 Å². The molecule has 0 fully saturated rings. The van der Waals surface area contributed by atoms with Crippen molar-refractivity contribution in [1.82, 2.24) is 10.2 Å². The van der Waals surface area contributed by atoms with E-state index in [-0.39, 0.29) is 49.1 Å². The van der Waals surface area contributed by atoms with Crippen LogP contribution < -0.4 is 14.8 Å². The highest BCUT2D eigenvalue weighted by molar-refractivity contribution is 6.04. The van der Waals surface area contributed by atoms with Crippen LogP contribution in [0.2, 0.25) is 0 Å². The van der Waals surface area contributed by atoms with E-state index in [1.807, 2.05) is 0 Å². The standard InChI is InChI=1S/C24H24F2N2O6/c1-24(23(30)27-12-15-17(32-3)9-8-16(25)19(15)26)13-33-20-14-6-4-5-7-18(14)34-21(20)22(29)28(24)10-11-31-2/h4-9H,10-13H2,1-3H3,(H,27,30). The van der Waals surface area contributed by atoms with E-state index in [0.717, 1.165) is 6.07 Å². The Morgan fingerprint density at radius 2 is 1.97 bits per heavy atom. The number of nitrogens with one attached hydrogen (secondary N) is 1. The number of carbonyl (C=O) groups is 2. The van der Waals surface area contributed by atoms with Crippen LogP contribution in [0.25, 0.3) is 11.0 Å². The Kier molecular flexibility index (Phi) is 6.43. The van der Waals surface area contributed by atoms with Gasteiger partial charge < -0.3 is 28.8 Å². The number of para-hydroxylation sites is 1. The molecule has 1 aliphatic heterocycles. The number of amides is 2. The van der Waals surface area contributed by atoms with E-state index in [2.05, 4.69) is 5.32 Å². The summed E-state index contributed by atoms with van der Waals surface area (Å²) in [5, 5.41) is 3.20. The number of hydrogen-bond donors (Lipinski definition) is 1. The summed E-state index contributed by atoms with van der Waals surface area (Å²) >= 11 is 0. The van der Waals surface area contributed by atoms with Crippen LogP contribution in [0.1, 0.15) is 23.0 Å². The van der Waals surface area contributed by atoms with Gasteiger partial charge in [0.05, 0.1) is 24.7 Å². The molecule has 0 saturated carbocycles. The third-order valence-corrected chi connectivity index (χ3v) is 5.89. The number of nitrogens with zero attached hydrogens (tertiary/aromatic N) is 1. The van der Waals surface area contributed by atoms with Crippen LogP contribution in [-0.2, 0) is 16.1 Å². The maximum atomic E-state index is 14.4. The molecule has 1 unspecified atom stereocenters. The van der Waals surface area contributed by atoms with Crippen molar-refractivity contribution in [2.75, 3.05) is 34.0 Å². The van der Waals surface area contributed by atoms with Crippen LogP contribution in [0.4, 0.5) is 8.78 Å². The van der Waals surface area contributed by atoms with Crippen molar-refractivity contribution >= 4 is 22.8 Å². The molecule has 2 amide bonds. The molecule has 1 N–H and O–H groups in total. The molecular formula is C24H24F2N2O6. The van der Waals surface area contributed by atoms with Crippen LogP contribution in [0.3, 0.4) is 0 Å². The number of halogens is 2.